The normalized spacial score (nSPS) is 10.8. The Balaban J connectivity index is 1.65. The topological polar surface area (TPSA) is 60.3 Å². The van der Waals surface area contributed by atoms with E-state index in [0.717, 1.165) is 17.0 Å². The second-order valence-electron chi connectivity index (χ2n) is 6.78. The lowest BCUT2D eigenvalue weighted by Gasteiger charge is -2.11. The minimum absolute atomic E-state index is 0.130. The Hall–Kier alpha value is -3.45. The van der Waals surface area contributed by atoms with E-state index in [9.17, 15) is 14.0 Å². The lowest BCUT2D eigenvalue weighted by atomic mass is 10.1. The number of rotatable bonds is 5. The summed E-state index contributed by atoms with van der Waals surface area (Å²) in [5.74, 6) is -1.34. The van der Waals surface area contributed by atoms with Crippen molar-refractivity contribution in [1.29, 1.82) is 0 Å². The number of halogens is 2. The Bertz CT molecular complexity index is 1280. The number of anilines is 1. The summed E-state index contributed by atoms with van der Waals surface area (Å²) in [7, 11) is 0. The Morgan fingerprint density at radius 1 is 1.06 bits per heavy atom. The van der Waals surface area contributed by atoms with Crippen molar-refractivity contribution >= 4 is 44.4 Å². The second kappa shape index (κ2) is 8.73. The molecule has 0 atom stereocenters. The van der Waals surface area contributed by atoms with Crippen molar-refractivity contribution in [2.45, 2.75) is 6.92 Å². The van der Waals surface area contributed by atoms with Gasteiger partial charge in [0.05, 0.1) is 23.4 Å². The van der Waals surface area contributed by atoms with Crippen LogP contribution in [0.2, 0.25) is 0 Å². The summed E-state index contributed by atoms with van der Waals surface area (Å²) in [6.45, 7) is 1.90. The molecule has 0 spiro atoms. The van der Waals surface area contributed by atoms with Crippen molar-refractivity contribution in [2.75, 3.05) is 11.9 Å². The van der Waals surface area contributed by atoms with E-state index >= 15 is 0 Å². The number of benzene rings is 3. The molecule has 4 aromatic rings. The van der Waals surface area contributed by atoms with Gasteiger partial charge in [-0.3, -0.25) is 4.79 Å². The highest BCUT2D eigenvalue weighted by Crippen LogP contribution is 2.29. The summed E-state index contributed by atoms with van der Waals surface area (Å²) in [5, 5.41) is 3.70. The summed E-state index contributed by atoms with van der Waals surface area (Å²) in [4.78, 5) is 24.4. The molecule has 1 heterocycles. The van der Waals surface area contributed by atoms with E-state index in [1.54, 1.807) is 54.1 Å². The first kappa shape index (κ1) is 20.8. The third kappa shape index (κ3) is 4.22. The highest BCUT2D eigenvalue weighted by atomic mass is 79.9. The van der Waals surface area contributed by atoms with Crippen LogP contribution >= 0.6 is 15.9 Å². The van der Waals surface area contributed by atoms with Crippen LogP contribution in [0, 0.1) is 5.82 Å². The second-order valence-corrected chi connectivity index (χ2v) is 7.64. The first-order valence-corrected chi connectivity index (χ1v) is 10.4. The summed E-state index contributed by atoms with van der Waals surface area (Å²) >= 11 is 3.33. The van der Waals surface area contributed by atoms with Gasteiger partial charge in [0.1, 0.15) is 5.82 Å². The van der Waals surface area contributed by atoms with E-state index in [1.807, 2.05) is 24.3 Å². The van der Waals surface area contributed by atoms with Gasteiger partial charge in [0.2, 0.25) is 0 Å². The first-order chi connectivity index (χ1) is 15.0. The minimum atomic E-state index is -0.587. The molecule has 1 amide bonds. The van der Waals surface area contributed by atoms with Crippen LogP contribution in [-0.2, 0) is 4.74 Å². The molecule has 0 aliphatic rings. The molecule has 0 radical (unpaired) electrons. The lowest BCUT2D eigenvalue weighted by molar-refractivity contribution is 0.0524. The Morgan fingerprint density at radius 2 is 1.84 bits per heavy atom. The number of nitrogens with zero attached hydrogens (tertiary/aromatic N) is 1. The maximum absolute atomic E-state index is 14.9. The highest BCUT2D eigenvalue weighted by molar-refractivity contribution is 9.10. The third-order valence-corrected chi connectivity index (χ3v) is 5.43. The van der Waals surface area contributed by atoms with Gasteiger partial charge < -0.3 is 14.6 Å². The van der Waals surface area contributed by atoms with E-state index in [-0.39, 0.29) is 23.8 Å². The predicted molar refractivity (Wildman–Crippen MR) is 121 cm³/mol. The van der Waals surface area contributed by atoms with Crippen LogP contribution in [0.4, 0.5) is 10.1 Å². The van der Waals surface area contributed by atoms with Crippen molar-refractivity contribution in [2.24, 2.45) is 0 Å². The van der Waals surface area contributed by atoms with Gasteiger partial charge in [-0.05, 0) is 71.4 Å². The predicted octanol–water partition coefficient (Wildman–Crippen LogP) is 5.96. The molecule has 3 aromatic carbocycles. The van der Waals surface area contributed by atoms with Gasteiger partial charge in [-0.2, -0.15) is 0 Å². The fraction of sp³-hybridized carbons (Fsp3) is 0.0833. The van der Waals surface area contributed by atoms with Crippen LogP contribution in [-0.4, -0.2) is 23.1 Å². The zero-order chi connectivity index (χ0) is 22.0. The molecule has 0 saturated heterocycles. The molecule has 0 fully saturated rings. The molecule has 31 heavy (non-hydrogen) atoms. The fourth-order valence-electron chi connectivity index (χ4n) is 3.31. The monoisotopic (exact) mass is 480 g/mol. The summed E-state index contributed by atoms with van der Waals surface area (Å²) in [6.07, 6.45) is 1.74. The van der Waals surface area contributed by atoms with Gasteiger partial charge in [-0.15, -0.1) is 0 Å². The smallest absolute Gasteiger partial charge is 0.339 e. The number of carbonyl (C=O) groups is 2. The van der Waals surface area contributed by atoms with Gasteiger partial charge in [0.25, 0.3) is 5.91 Å². The Morgan fingerprint density at radius 3 is 2.58 bits per heavy atom. The van der Waals surface area contributed by atoms with Gasteiger partial charge in [-0.1, -0.05) is 18.2 Å². The van der Waals surface area contributed by atoms with Crippen molar-refractivity contribution in [3.05, 3.63) is 94.3 Å². The number of ether oxygens (including phenoxy) is 1. The van der Waals surface area contributed by atoms with E-state index in [1.165, 1.54) is 0 Å². The zero-order valence-electron chi connectivity index (χ0n) is 16.6. The lowest BCUT2D eigenvalue weighted by Crippen LogP contribution is -2.11. The molecule has 1 N–H and O–H groups in total. The van der Waals surface area contributed by atoms with Gasteiger partial charge in [-0.25, -0.2) is 9.18 Å². The number of carbonyl (C=O) groups excluding carboxylic acids is 2. The number of aromatic nitrogens is 1. The number of hydrogen-bond donors (Lipinski definition) is 1. The molecule has 0 aliphatic heterocycles. The number of fused-ring (bicyclic) bond motifs is 1. The van der Waals surface area contributed by atoms with E-state index < -0.39 is 11.8 Å². The van der Waals surface area contributed by atoms with Crippen molar-refractivity contribution in [3.63, 3.8) is 0 Å². The molecular formula is C24H18BrFN2O3. The molecule has 4 rings (SSSR count). The van der Waals surface area contributed by atoms with Crippen LogP contribution in [0.3, 0.4) is 0 Å². The van der Waals surface area contributed by atoms with Gasteiger partial charge in [0, 0.05) is 27.3 Å². The molecule has 5 nitrogen and oxygen atoms in total. The third-order valence-electron chi connectivity index (χ3n) is 4.78. The van der Waals surface area contributed by atoms with E-state index in [0.29, 0.717) is 15.7 Å². The summed E-state index contributed by atoms with van der Waals surface area (Å²) in [5.41, 5.74) is 2.38. The first-order valence-electron chi connectivity index (χ1n) is 9.62. The number of nitrogens with one attached hydrogen (secondary N) is 1. The van der Waals surface area contributed by atoms with Gasteiger partial charge in [0.15, 0.2) is 0 Å². The van der Waals surface area contributed by atoms with Crippen LogP contribution in [0.25, 0.3) is 16.6 Å². The standard InChI is InChI=1S/C24H18BrFN2O3/c1-2-31-24(30)18-13-20(26)22(14-19(18)25)28-11-10-16-12-17(8-9-21(16)28)27-23(29)15-6-4-3-5-7-15/h3-14H,2H2,1H3,(H,27,29). The molecule has 156 valence electrons. The molecular weight excluding hydrogens is 463 g/mol. The summed E-state index contributed by atoms with van der Waals surface area (Å²) < 4.78 is 21.9. The van der Waals surface area contributed by atoms with Crippen LogP contribution < -0.4 is 5.32 Å². The fourth-order valence-corrected chi connectivity index (χ4v) is 3.80. The maximum atomic E-state index is 14.9. The van der Waals surface area contributed by atoms with E-state index in [2.05, 4.69) is 21.2 Å². The largest absolute Gasteiger partial charge is 0.462 e. The molecule has 0 saturated carbocycles. The Kier molecular flexibility index (Phi) is 5.86. The van der Waals surface area contributed by atoms with Crippen LogP contribution in [0.5, 0.6) is 0 Å². The molecule has 1 aromatic heterocycles. The molecule has 0 aliphatic carbocycles. The van der Waals surface area contributed by atoms with Gasteiger partial charge >= 0.3 is 5.97 Å². The molecule has 7 heteroatoms. The average Bonchev–Trinajstić information content (AvgIpc) is 3.18. The average molecular weight is 481 g/mol. The molecule has 0 bridgehead atoms. The van der Waals surface area contributed by atoms with Crippen molar-refractivity contribution in [3.8, 4) is 5.69 Å². The number of esters is 1. The SMILES string of the molecule is CCOC(=O)c1cc(F)c(-n2ccc3cc(NC(=O)c4ccccc4)ccc32)cc1Br. The van der Waals surface area contributed by atoms with Crippen LogP contribution in [0.15, 0.2) is 77.4 Å². The van der Waals surface area contributed by atoms with Crippen LogP contribution in [0.1, 0.15) is 27.6 Å². The summed E-state index contributed by atoms with van der Waals surface area (Å²) in [6, 6.07) is 18.9. The zero-order valence-corrected chi connectivity index (χ0v) is 18.1. The highest BCUT2D eigenvalue weighted by Gasteiger charge is 2.17. The number of hydrogen-bond acceptors (Lipinski definition) is 3. The molecule has 0 unspecified atom stereocenters. The maximum Gasteiger partial charge on any atom is 0.339 e. The Labute approximate surface area is 186 Å². The van der Waals surface area contributed by atoms with Crippen molar-refractivity contribution < 1.29 is 18.7 Å². The van der Waals surface area contributed by atoms with E-state index in [4.69, 9.17) is 4.74 Å². The van der Waals surface area contributed by atoms with Crippen molar-refractivity contribution in [1.82, 2.24) is 4.57 Å². The minimum Gasteiger partial charge on any atom is -0.462 e. The number of amides is 1. The quantitative estimate of drug-likeness (QED) is 0.358.